The highest BCUT2D eigenvalue weighted by Gasteiger charge is 2.20. The number of amides is 1. The molecule has 4 aromatic rings. The van der Waals surface area contributed by atoms with Gasteiger partial charge >= 0.3 is 0 Å². The number of fused-ring (bicyclic) bond motifs is 1. The van der Waals surface area contributed by atoms with Crippen LogP contribution < -0.4 is 10.0 Å². The molecule has 0 aliphatic rings. The van der Waals surface area contributed by atoms with E-state index >= 15 is 0 Å². The van der Waals surface area contributed by atoms with E-state index in [-0.39, 0.29) is 5.91 Å². The van der Waals surface area contributed by atoms with Crippen LogP contribution in [0.2, 0.25) is 0 Å². The van der Waals surface area contributed by atoms with Gasteiger partial charge in [-0.15, -0.1) is 0 Å². The molecular formula is C25H22N2O4S. The Morgan fingerprint density at radius 3 is 2.31 bits per heavy atom. The molecular weight excluding hydrogens is 424 g/mol. The first-order valence-electron chi connectivity index (χ1n) is 9.97. The van der Waals surface area contributed by atoms with E-state index in [0.717, 1.165) is 28.4 Å². The Morgan fingerprint density at radius 1 is 0.938 bits per heavy atom. The molecule has 0 fully saturated rings. The van der Waals surface area contributed by atoms with E-state index in [2.05, 4.69) is 10.0 Å². The highest BCUT2D eigenvalue weighted by atomic mass is 32.2. The van der Waals surface area contributed by atoms with Crippen LogP contribution in [0.25, 0.3) is 17.0 Å². The zero-order valence-corrected chi connectivity index (χ0v) is 18.2. The molecule has 1 aromatic heterocycles. The molecule has 32 heavy (non-hydrogen) atoms. The summed E-state index contributed by atoms with van der Waals surface area (Å²) in [6.07, 6.45) is 4.20. The first-order chi connectivity index (χ1) is 15.4. The van der Waals surface area contributed by atoms with Crippen LogP contribution in [-0.4, -0.2) is 20.6 Å². The van der Waals surface area contributed by atoms with Crippen molar-refractivity contribution in [3.63, 3.8) is 0 Å². The standard InChI is InChI=1S/C25H22N2O4S/c1-32(29,30)27-21-14-11-18(12-15-21)13-16-24(28)26-25(19-7-3-2-4-8-19)23-17-20-9-5-6-10-22(20)31-23/h2-17,25,27H,1H3,(H,26,28)/b16-13+. The van der Waals surface area contributed by atoms with Crippen LogP contribution in [0.1, 0.15) is 22.9 Å². The van der Waals surface area contributed by atoms with Crippen LogP contribution in [0.3, 0.4) is 0 Å². The van der Waals surface area contributed by atoms with Crippen LogP contribution in [0.5, 0.6) is 0 Å². The fourth-order valence-corrected chi connectivity index (χ4v) is 3.91. The number of carbonyl (C=O) groups is 1. The molecule has 0 bridgehead atoms. The van der Waals surface area contributed by atoms with Crippen LogP contribution in [0, 0.1) is 0 Å². The lowest BCUT2D eigenvalue weighted by Crippen LogP contribution is -2.27. The summed E-state index contributed by atoms with van der Waals surface area (Å²) in [5, 5.41) is 3.98. The topological polar surface area (TPSA) is 88.4 Å². The van der Waals surface area contributed by atoms with Gasteiger partial charge in [-0.2, -0.15) is 0 Å². The second-order valence-electron chi connectivity index (χ2n) is 7.37. The second-order valence-corrected chi connectivity index (χ2v) is 9.12. The van der Waals surface area contributed by atoms with Crippen molar-refractivity contribution in [3.05, 3.63) is 108 Å². The summed E-state index contributed by atoms with van der Waals surface area (Å²) >= 11 is 0. The summed E-state index contributed by atoms with van der Waals surface area (Å²) in [5.74, 6) is 0.369. The van der Waals surface area contributed by atoms with Gasteiger partial charge in [-0.3, -0.25) is 9.52 Å². The van der Waals surface area contributed by atoms with Gasteiger partial charge in [0.1, 0.15) is 17.4 Å². The van der Waals surface area contributed by atoms with Crippen molar-refractivity contribution in [2.45, 2.75) is 6.04 Å². The smallest absolute Gasteiger partial charge is 0.244 e. The Bertz CT molecular complexity index is 1330. The summed E-state index contributed by atoms with van der Waals surface area (Å²) < 4.78 is 31.0. The maximum absolute atomic E-state index is 12.7. The lowest BCUT2D eigenvalue weighted by Gasteiger charge is -2.16. The largest absolute Gasteiger partial charge is 0.459 e. The average Bonchev–Trinajstić information content (AvgIpc) is 3.20. The Morgan fingerprint density at radius 2 is 1.62 bits per heavy atom. The minimum atomic E-state index is -3.33. The highest BCUT2D eigenvalue weighted by Crippen LogP contribution is 2.28. The highest BCUT2D eigenvalue weighted by molar-refractivity contribution is 7.92. The number of hydrogen-bond donors (Lipinski definition) is 2. The van der Waals surface area contributed by atoms with Crippen LogP contribution >= 0.6 is 0 Å². The Kier molecular flexibility index (Phi) is 6.09. The van der Waals surface area contributed by atoms with E-state index in [1.807, 2.05) is 60.7 Å². The quantitative estimate of drug-likeness (QED) is 0.402. The summed E-state index contributed by atoms with van der Waals surface area (Å²) in [5.41, 5.74) is 2.89. The lowest BCUT2D eigenvalue weighted by molar-refractivity contribution is -0.117. The van der Waals surface area contributed by atoms with Crippen molar-refractivity contribution in [2.24, 2.45) is 0 Å². The Labute approximate surface area is 186 Å². The number of benzene rings is 3. The van der Waals surface area contributed by atoms with E-state index in [0.29, 0.717) is 11.4 Å². The van der Waals surface area contributed by atoms with E-state index in [9.17, 15) is 13.2 Å². The number of furan rings is 1. The van der Waals surface area contributed by atoms with Gasteiger partial charge in [-0.25, -0.2) is 8.42 Å². The molecule has 1 amide bonds. The monoisotopic (exact) mass is 446 g/mol. The first-order valence-corrected chi connectivity index (χ1v) is 11.9. The number of anilines is 1. The zero-order chi connectivity index (χ0) is 22.6. The number of hydrogen-bond acceptors (Lipinski definition) is 4. The SMILES string of the molecule is CS(=O)(=O)Nc1ccc(/C=C/C(=O)NC(c2ccccc2)c2cc3ccccc3o2)cc1. The fraction of sp³-hybridized carbons (Fsp3) is 0.0800. The van der Waals surface area contributed by atoms with E-state index < -0.39 is 16.1 Å². The van der Waals surface area contributed by atoms with E-state index in [1.165, 1.54) is 6.08 Å². The van der Waals surface area contributed by atoms with Gasteiger partial charge in [0, 0.05) is 17.1 Å². The fourth-order valence-electron chi connectivity index (χ4n) is 3.35. The lowest BCUT2D eigenvalue weighted by atomic mass is 10.0. The third kappa shape index (κ3) is 5.44. The van der Waals surface area contributed by atoms with Crippen molar-refractivity contribution >= 4 is 38.7 Å². The molecule has 0 aliphatic heterocycles. The summed E-state index contributed by atoms with van der Waals surface area (Å²) in [6.45, 7) is 0. The second kappa shape index (κ2) is 9.11. The van der Waals surface area contributed by atoms with Gasteiger partial charge in [0.2, 0.25) is 15.9 Å². The van der Waals surface area contributed by atoms with Crippen LogP contribution in [-0.2, 0) is 14.8 Å². The summed E-state index contributed by atoms with van der Waals surface area (Å²) in [6, 6.07) is 25.6. The molecule has 1 heterocycles. The molecule has 7 heteroatoms. The molecule has 3 aromatic carbocycles. The minimum absolute atomic E-state index is 0.280. The normalized spacial score (nSPS) is 12.7. The molecule has 0 saturated carbocycles. The summed E-state index contributed by atoms with van der Waals surface area (Å²) in [7, 11) is -3.33. The molecule has 6 nitrogen and oxygen atoms in total. The van der Waals surface area contributed by atoms with Crippen LogP contribution in [0.4, 0.5) is 5.69 Å². The van der Waals surface area contributed by atoms with Gasteiger partial charge in [0.25, 0.3) is 0 Å². The van der Waals surface area contributed by atoms with Gasteiger partial charge in [0.05, 0.1) is 6.26 Å². The predicted octanol–water partition coefficient (Wildman–Crippen LogP) is 4.72. The third-order valence-electron chi connectivity index (χ3n) is 4.79. The van der Waals surface area contributed by atoms with Gasteiger partial charge in [-0.1, -0.05) is 60.7 Å². The molecule has 0 radical (unpaired) electrons. The number of sulfonamides is 1. The molecule has 4 rings (SSSR count). The molecule has 162 valence electrons. The van der Waals surface area contributed by atoms with Crippen molar-refractivity contribution < 1.29 is 17.6 Å². The van der Waals surface area contributed by atoms with Crippen molar-refractivity contribution in [1.82, 2.24) is 5.32 Å². The molecule has 0 saturated heterocycles. The molecule has 2 N–H and O–H groups in total. The first kappa shape index (κ1) is 21.4. The van der Waals surface area contributed by atoms with Gasteiger partial charge in [-0.05, 0) is 41.5 Å². The van der Waals surface area contributed by atoms with E-state index in [4.69, 9.17) is 4.42 Å². The zero-order valence-electron chi connectivity index (χ0n) is 17.4. The molecule has 1 atom stereocenters. The molecule has 0 spiro atoms. The Balaban J connectivity index is 1.52. The average molecular weight is 447 g/mol. The molecule has 1 unspecified atom stereocenters. The number of carbonyl (C=O) groups excluding carboxylic acids is 1. The van der Waals surface area contributed by atoms with Gasteiger partial charge in [0.15, 0.2) is 0 Å². The number of rotatable bonds is 7. The van der Waals surface area contributed by atoms with E-state index in [1.54, 1.807) is 30.3 Å². The Hall–Kier alpha value is -3.84. The molecule has 0 aliphatic carbocycles. The maximum Gasteiger partial charge on any atom is 0.244 e. The van der Waals surface area contributed by atoms with Gasteiger partial charge < -0.3 is 9.73 Å². The van der Waals surface area contributed by atoms with Crippen molar-refractivity contribution in [3.8, 4) is 0 Å². The van der Waals surface area contributed by atoms with Crippen molar-refractivity contribution in [2.75, 3.05) is 11.0 Å². The van der Waals surface area contributed by atoms with Crippen molar-refractivity contribution in [1.29, 1.82) is 0 Å². The third-order valence-corrected chi connectivity index (χ3v) is 5.40. The number of nitrogens with one attached hydrogen (secondary N) is 2. The summed E-state index contributed by atoms with van der Waals surface area (Å²) in [4.78, 5) is 12.7. The predicted molar refractivity (Wildman–Crippen MR) is 127 cm³/mol. The maximum atomic E-state index is 12.7. The van der Waals surface area contributed by atoms with Crippen LogP contribution in [0.15, 0.2) is 95.4 Å². The number of para-hydroxylation sites is 1. The minimum Gasteiger partial charge on any atom is -0.459 e.